The fourth-order valence-corrected chi connectivity index (χ4v) is 3.82. The average Bonchev–Trinajstić information content (AvgIpc) is 3.09. The summed E-state index contributed by atoms with van der Waals surface area (Å²) in [4.78, 5) is 30.6. The molecule has 3 heterocycles. The van der Waals surface area contributed by atoms with Crippen molar-refractivity contribution in [2.45, 2.75) is 38.9 Å². The third kappa shape index (κ3) is 4.51. The normalized spacial score (nSPS) is 17.9. The Morgan fingerprint density at radius 1 is 1.00 bits per heavy atom. The van der Waals surface area contributed by atoms with Crippen molar-refractivity contribution in [3.8, 4) is 0 Å². The first kappa shape index (κ1) is 24.1. The smallest absolute Gasteiger partial charge is 0.433 e. The van der Waals surface area contributed by atoms with E-state index in [1.165, 1.54) is 6.07 Å². The maximum atomic E-state index is 13.1. The molecule has 4 rings (SSSR count). The summed E-state index contributed by atoms with van der Waals surface area (Å²) in [6.45, 7) is 5.68. The number of carbonyl (C=O) groups excluding carboxylic acids is 2. The number of aromatic nitrogens is 3. The summed E-state index contributed by atoms with van der Waals surface area (Å²) in [5, 5.41) is 19.0. The summed E-state index contributed by atoms with van der Waals surface area (Å²) >= 11 is 0. The lowest BCUT2D eigenvalue weighted by molar-refractivity contribution is -0.141. The van der Waals surface area contributed by atoms with Gasteiger partial charge in [-0.15, -0.1) is 5.10 Å². The molecule has 10 heteroatoms. The highest BCUT2D eigenvalue weighted by atomic mass is 19.4. The number of aryl methyl sites for hydroxylation is 1. The van der Waals surface area contributed by atoms with E-state index in [1.54, 1.807) is 37.3 Å². The summed E-state index contributed by atoms with van der Waals surface area (Å²) in [6.07, 6.45) is -3.73. The van der Waals surface area contributed by atoms with Crippen molar-refractivity contribution in [1.29, 1.82) is 0 Å². The second-order valence-corrected chi connectivity index (χ2v) is 8.45. The number of hydrogen-bond acceptors (Lipinski definition) is 6. The molecule has 1 aromatic carbocycles. The molecule has 0 aliphatic carbocycles. The van der Waals surface area contributed by atoms with Gasteiger partial charge in [0.25, 0.3) is 5.78 Å². The minimum atomic E-state index is -4.67. The Kier molecular flexibility index (Phi) is 6.14. The van der Waals surface area contributed by atoms with Crippen LogP contribution >= 0.6 is 0 Å². The Labute approximate surface area is 199 Å². The largest absolute Gasteiger partial charge is 0.507 e. The lowest BCUT2D eigenvalue weighted by Gasteiger charge is -2.24. The van der Waals surface area contributed by atoms with Crippen LogP contribution in [0.2, 0.25) is 0 Å². The molecule has 1 aliphatic heterocycles. The highest BCUT2D eigenvalue weighted by Gasteiger charge is 2.48. The summed E-state index contributed by atoms with van der Waals surface area (Å²) < 4.78 is 39.2. The number of Topliss-reactive ketones (excluding diaryl/α,β-unsaturated/α-hetero) is 1. The summed E-state index contributed by atoms with van der Waals surface area (Å²) in [5.74, 6) is -2.20. The number of halogens is 3. The molecule has 7 nitrogen and oxygen atoms in total. The number of ketones is 1. The van der Waals surface area contributed by atoms with Gasteiger partial charge < -0.3 is 5.11 Å². The number of aliphatic hydroxyl groups is 1. The fourth-order valence-electron chi connectivity index (χ4n) is 3.82. The van der Waals surface area contributed by atoms with Gasteiger partial charge in [0.05, 0.1) is 17.3 Å². The second-order valence-electron chi connectivity index (χ2n) is 8.45. The number of benzene rings is 1. The molecular weight excluding hydrogens is 461 g/mol. The molecule has 1 unspecified atom stereocenters. The van der Waals surface area contributed by atoms with Crippen LogP contribution in [0.3, 0.4) is 0 Å². The topological polar surface area (TPSA) is 96.3 Å². The highest BCUT2D eigenvalue weighted by molar-refractivity contribution is 6.51. The lowest BCUT2D eigenvalue weighted by Crippen LogP contribution is -2.30. The van der Waals surface area contributed by atoms with Gasteiger partial charge in [-0.3, -0.25) is 19.5 Å². The number of carbonyl (C=O) groups is 2. The number of pyridine rings is 1. The first-order valence-corrected chi connectivity index (χ1v) is 10.7. The van der Waals surface area contributed by atoms with Crippen LogP contribution in [0.5, 0.6) is 0 Å². The first-order valence-electron chi connectivity index (χ1n) is 10.7. The van der Waals surface area contributed by atoms with E-state index < -0.39 is 35.4 Å². The summed E-state index contributed by atoms with van der Waals surface area (Å²) in [5.41, 5.74) is 0.532. The molecule has 180 valence electrons. The van der Waals surface area contributed by atoms with Crippen LogP contribution in [0, 0.1) is 6.92 Å². The number of hydrogen-bond donors (Lipinski definition) is 1. The van der Waals surface area contributed by atoms with Crippen LogP contribution in [0.15, 0.2) is 60.3 Å². The Morgan fingerprint density at radius 3 is 2.20 bits per heavy atom. The molecule has 0 spiro atoms. The molecule has 35 heavy (non-hydrogen) atoms. The van der Waals surface area contributed by atoms with E-state index in [2.05, 4.69) is 15.2 Å². The minimum Gasteiger partial charge on any atom is -0.507 e. The standard InChI is InChI=1S/C25H21F3N4O3/c1-13(2)15-5-7-16(8-6-15)22(33)20-21(17-9-10-18(29-12-17)25(26,27)28)32(24(35)23(20)34)19-11-4-14(3)30-31-19/h4-13,21,33H,1-3H3. The Hall–Kier alpha value is -4.08. The van der Waals surface area contributed by atoms with E-state index in [-0.39, 0.29) is 28.4 Å². The minimum absolute atomic E-state index is 0.0109. The van der Waals surface area contributed by atoms with Crippen LogP contribution in [0.4, 0.5) is 19.0 Å². The molecule has 1 saturated heterocycles. The molecule has 1 amide bonds. The van der Waals surface area contributed by atoms with Gasteiger partial charge in [-0.05, 0) is 42.2 Å². The van der Waals surface area contributed by atoms with Gasteiger partial charge in [0.2, 0.25) is 0 Å². The zero-order valence-corrected chi connectivity index (χ0v) is 19.0. The summed E-state index contributed by atoms with van der Waals surface area (Å²) in [7, 11) is 0. The van der Waals surface area contributed by atoms with Crippen molar-refractivity contribution in [3.05, 3.63) is 88.4 Å². The summed E-state index contributed by atoms with van der Waals surface area (Å²) in [6, 6.07) is 10.5. The van der Waals surface area contributed by atoms with Crippen molar-refractivity contribution in [1.82, 2.24) is 15.2 Å². The number of amides is 1. The SMILES string of the molecule is Cc1ccc(N2C(=O)C(=O)C(=C(O)c3ccc(C(C)C)cc3)C2c2ccc(C(F)(F)F)nc2)nn1. The Morgan fingerprint density at radius 2 is 1.69 bits per heavy atom. The van der Waals surface area contributed by atoms with Crippen molar-refractivity contribution in [2.24, 2.45) is 0 Å². The van der Waals surface area contributed by atoms with Gasteiger partial charge >= 0.3 is 12.1 Å². The number of rotatable bonds is 4. The van der Waals surface area contributed by atoms with Gasteiger partial charge in [0.15, 0.2) is 5.82 Å². The molecule has 1 atom stereocenters. The predicted molar refractivity (Wildman–Crippen MR) is 121 cm³/mol. The van der Waals surface area contributed by atoms with Gasteiger partial charge in [0.1, 0.15) is 11.5 Å². The van der Waals surface area contributed by atoms with Crippen LogP contribution in [-0.4, -0.2) is 32.0 Å². The third-order valence-electron chi connectivity index (χ3n) is 5.72. The Balaban J connectivity index is 1.89. The van der Waals surface area contributed by atoms with Crippen LogP contribution < -0.4 is 4.90 Å². The van der Waals surface area contributed by atoms with Gasteiger partial charge in [-0.25, -0.2) is 0 Å². The second kappa shape index (κ2) is 8.94. The first-order chi connectivity index (χ1) is 16.5. The molecule has 0 radical (unpaired) electrons. The van der Waals surface area contributed by atoms with Gasteiger partial charge in [0, 0.05) is 11.8 Å². The maximum absolute atomic E-state index is 13.1. The number of alkyl halides is 3. The average molecular weight is 482 g/mol. The van der Waals surface area contributed by atoms with Crippen molar-refractivity contribution in [3.63, 3.8) is 0 Å². The highest BCUT2D eigenvalue weighted by Crippen LogP contribution is 2.42. The zero-order chi connectivity index (χ0) is 25.5. The van der Waals surface area contributed by atoms with Crippen LogP contribution in [-0.2, 0) is 15.8 Å². The molecule has 0 saturated carbocycles. The van der Waals surface area contributed by atoms with E-state index >= 15 is 0 Å². The van der Waals surface area contributed by atoms with E-state index in [1.807, 2.05) is 13.8 Å². The number of anilines is 1. The number of nitrogens with zero attached hydrogens (tertiary/aromatic N) is 4. The van der Waals surface area contributed by atoms with E-state index in [0.29, 0.717) is 5.69 Å². The maximum Gasteiger partial charge on any atom is 0.433 e. The van der Waals surface area contributed by atoms with E-state index in [4.69, 9.17) is 0 Å². The molecular formula is C25H21F3N4O3. The number of aliphatic hydroxyl groups excluding tert-OH is 1. The molecule has 1 fully saturated rings. The van der Waals surface area contributed by atoms with Crippen LogP contribution in [0.1, 0.15) is 53.9 Å². The van der Waals surface area contributed by atoms with Crippen LogP contribution in [0.25, 0.3) is 5.76 Å². The predicted octanol–water partition coefficient (Wildman–Crippen LogP) is 4.95. The van der Waals surface area contributed by atoms with Gasteiger partial charge in [-0.2, -0.15) is 18.3 Å². The fraction of sp³-hybridized carbons (Fsp3) is 0.240. The zero-order valence-electron chi connectivity index (χ0n) is 19.0. The monoisotopic (exact) mass is 482 g/mol. The van der Waals surface area contributed by atoms with Gasteiger partial charge in [-0.1, -0.05) is 44.2 Å². The molecule has 2 aromatic heterocycles. The third-order valence-corrected chi connectivity index (χ3v) is 5.72. The molecule has 1 aliphatic rings. The molecule has 3 aromatic rings. The lowest BCUT2D eigenvalue weighted by atomic mass is 9.95. The molecule has 1 N–H and O–H groups in total. The van der Waals surface area contributed by atoms with E-state index in [0.717, 1.165) is 28.8 Å². The van der Waals surface area contributed by atoms with Crippen molar-refractivity contribution in [2.75, 3.05) is 4.90 Å². The van der Waals surface area contributed by atoms with Crippen molar-refractivity contribution >= 4 is 23.3 Å². The van der Waals surface area contributed by atoms with E-state index in [9.17, 15) is 27.9 Å². The van der Waals surface area contributed by atoms with Crippen molar-refractivity contribution < 1.29 is 27.9 Å². The quantitative estimate of drug-likeness (QED) is 0.321. The Bertz CT molecular complexity index is 1300. The molecule has 0 bridgehead atoms.